The van der Waals surface area contributed by atoms with E-state index >= 15 is 0 Å². The summed E-state index contributed by atoms with van der Waals surface area (Å²) in [6.45, 7) is 8.40. The van der Waals surface area contributed by atoms with Crippen molar-refractivity contribution in [3.05, 3.63) is 11.7 Å². The van der Waals surface area contributed by atoms with Gasteiger partial charge in [0.1, 0.15) is 0 Å². The molecule has 2 fully saturated rings. The van der Waals surface area contributed by atoms with E-state index in [9.17, 15) is 0 Å². The van der Waals surface area contributed by atoms with Crippen molar-refractivity contribution in [2.75, 3.05) is 18.0 Å². The lowest BCUT2D eigenvalue weighted by atomic mass is 10.00. The van der Waals surface area contributed by atoms with Crippen LogP contribution in [0, 0.1) is 12.8 Å². The SMILES string of the molecule is Cc1noc(C(C)Sc2nnc(N3CCC(C)CC3)n2C2CC2)n1. The van der Waals surface area contributed by atoms with Crippen molar-refractivity contribution in [2.45, 2.75) is 62.9 Å². The molecule has 1 saturated heterocycles. The molecule has 1 unspecified atom stereocenters. The zero-order valence-corrected chi connectivity index (χ0v) is 15.3. The quantitative estimate of drug-likeness (QED) is 0.767. The van der Waals surface area contributed by atoms with E-state index in [1.807, 2.05) is 6.92 Å². The van der Waals surface area contributed by atoms with Crippen LogP contribution in [0.1, 0.15) is 62.5 Å². The monoisotopic (exact) mass is 348 g/mol. The normalized spacial score (nSPS) is 20.5. The predicted molar refractivity (Wildman–Crippen MR) is 92.2 cm³/mol. The maximum Gasteiger partial charge on any atom is 0.239 e. The zero-order valence-electron chi connectivity index (χ0n) is 14.5. The van der Waals surface area contributed by atoms with Crippen LogP contribution in [0.3, 0.4) is 0 Å². The van der Waals surface area contributed by atoms with Crippen molar-refractivity contribution >= 4 is 17.7 Å². The number of aryl methyl sites for hydroxylation is 1. The van der Waals surface area contributed by atoms with Gasteiger partial charge in [-0.2, -0.15) is 4.98 Å². The molecule has 0 radical (unpaired) electrons. The van der Waals surface area contributed by atoms with Crippen LogP contribution in [-0.4, -0.2) is 38.0 Å². The molecule has 2 aliphatic rings. The van der Waals surface area contributed by atoms with E-state index in [1.54, 1.807) is 11.8 Å². The van der Waals surface area contributed by atoms with Crippen LogP contribution in [0.5, 0.6) is 0 Å². The molecule has 8 heteroatoms. The lowest BCUT2D eigenvalue weighted by Crippen LogP contribution is -2.34. The Balaban J connectivity index is 1.55. The van der Waals surface area contributed by atoms with Crippen LogP contribution >= 0.6 is 11.8 Å². The highest BCUT2D eigenvalue weighted by molar-refractivity contribution is 7.99. The summed E-state index contributed by atoms with van der Waals surface area (Å²) in [7, 11) is 0. The highest BCUT2D eigenvalue weighted by Crippen LogP contribution is 2.44. The van der Waals surface area contributed by atoms with Crippen molar-refractivity contribution in [3.8, 4) is 0 Å². The van der Waals surface area contributed by atoms with E-state index in [1.165, 1.54) is 25.7 Å². The van der Waals surface area contributed by atoms with E-state index < -0.39 is 0 Å². The van der Waals surface area contributed by atoms with Crippen molar-refractivity contribution in [3.63, 3.8) is 0 Å². The van der Waals surface area contributed by atoms with Gasteiger partial charge >= 0.3 is 0 Å². The fraction of sp³-hybridized carbons (Fsp3) is 0.750. The molecular weight excluding hydrogens is 324 g/mol. The number of aromatic nitrogens is 5. The second-order valence-electron chi connectivity index (χ2n) is 6.99. The average molecular weight is 348 g/mol. The summed E-state index contributed by atoms with van der Waals surface area (Å²) in [4.78, 5) is 6.74. The Bertz CT molecular complexity index is 701. The van der Waals surface area contributed by atoms with Crippen molar-refractivity contribution in [1.82, 2.24) is 24.9 Å². The second-order valence-corrected chi connectivity index (χ2v) is 8.30. The third kappa shape index (κ3) is 3.16. The molecule has 2 aromatic rings. The molecule has 1 aliphatic carbocycles. The average Bonchev–Trinajstić information content (AvgIpc) is 3.18. The molecule has 4 rings (SSSR count). The first-order valence-corrected chi connectivity index (χ1v) is 9.66. The van der Waals surface area contributed by atoms with Gasteiger partial charge in [0.2, 0.25) is 11.8 Å². The molecule has 0 aromatic carbocycles. The molecule has 3 heterocycles. The Morgan fingerprint density at radius 1 is 1.17 bits per heavy atom. The fourth-order valence-electron chi connectivity index (χ4n) is 3.11. The molecule has 2 aromatic heterocycles. The number of piperidine rings is 1. The summed E-state index contributed by atoms with van der Waals surface area (Å²) in [5, 5.41) is 13.9. The Morgan fingerprint density at radius 3 is 2.54 bits per heavy atom. The molecule has 1 atom stereocenters. The lowest BCUT2D eigenvalue weighted by molar-refractivity contribution is 0.376. The fourth-order valence-corrected chi connectivity index (χ4v) is 4.06. The Labute approximate surface area is 146 Å². The smallest absolute Gasteiger partial charge is 0.239 e. The summed E-state index contributed by atoms with van der Waals surface area (Å²) in [5.41, 5.74) is 0. The van der Waals surface area contributed by atoms with Gasteiger partial charge in [-0.1, -0.05) is 23.8 Å². The van der Waals surface area contributed by atoms with Crippen molar-refractivity contribution < 1.29 is 4.52 Å². The molecule has 130 valence electrons. The zero-order chi connectivity index (χ0) is 16.7. The molecule has 1 aliphatic heterocycles. The summed E-state index contributed by atoms with van der Waals surface area (Å²) >= 11 is 1.66. The molecule has 0 bridgehead atoms. The summed E-state index contributed by atoms with van der Waals surface area (Å²) in [5.74, 6) is 3.18. The van der Waals surface area contributed by atoms with Gasteiger partial charge in [0.05, 0.1) is 5.25 Å². The van der Waals surface area contributed by atoms with Crippen LogP contribution in [0.25, 0.3) is 0 Å². The molecule has 7 nitrogen and oxygen atoms in total. The van der Waals surface area contributed by atoms with E-state index in [2.05, 4.69) is 43.7 Å². The molecule has 24 heavy (non-hydrogen) atoms. The largest absolute Gasteiger partial charge is 0.341 e. The third-order valence-corrected chi connectivity index (χ3v) is 5.84. The molecule has 0 N–H and O–H groups in total. The number of thioether (sulfide) groups is 1. The third-order valence-electron chi connectivity index (χ3n) is 4.80. The van der Waals surface area contributed by atoms with E-state index in [-0.39, 0.29) is 5.25 Å². The van der Waals surface area contributed by atoms with Gasteiger partial charge in [0.15, 0.2) is 11.0 Å². The van der Waals surface area contributed by atoms with E-state index in [4.69, 9.17) is 4.52 Å². The Morgan fingerprint density at radius 2 is 1.92 bits per heavy atom. The summed E-state index contributed by atoms with van der Waals surface area (Å²) in [6, 6.07) is 0.550. The Kier molecular flexibility index (Phi) is 4.24. The minimum Gasteiger partial charge on any atom is -0.341 e. The first-order chi connectivity index (χ1) is 11.6. The van der Waals surface area contributed by atoms with Crippen LogP contribution in [0.4, 0.5) is 5.95 Å². The van der Waals surface area contributed by atoms with Gasteiger partial charge in [-0.3, -0.25) is 4.57 Å². The second kappa shape index (κ2) is 6.38. The van der Waals surface area contributed by atoms with Crippen molar-refractivity contribution in [2.24, 2.45) is 5.92 Å². The van der Waals surface area contributed by atoms with E-state index in [0.717, 1.165) is 30.1 Å². The first-order valence-electron chi connectivity index (χ1n) is 8.78. The van der Waals surface area contributed by atoms with Gasteiger partial charge in [-0.15, -0.1) is 10.2 Å². The minimum absolute atomic E-state index is 0.0714. The van der Waals surface area contributed by atoms with Crippen LogP contribution < -0.4 is 4.90 Å². The molecule has 1 saturated carbocycles. The van der Waals surface area contributed by atoms with Gasteiger partial charge in [0.25, 0.3) is 0 Å². The number of nitrogens with zero attached hydrogens (tertiary/aromatic N) is 6. The number of anilines is 1. The van der Waals surface area contributed by atoms with Crippen molar-refractivity contribution in [1.29, 1.82) is 0 Å². The van der Waals surface area contributed by atoms with Crippen LogP contribution in [0.15, 0.2) is 9.68 Å². The van der Waals surface area contributed by atoms with Gasteiger partial charge in [0, 0.05) is 19.1 Å². The molecule has 0 amide bonds. The maximum absolute atomic E-state index is 5.30. The maximum atomic E-state index is 5.30. The number of hydrogen-bond donors (Lipinski definition) is 0. The topological polar surface area (TPSA) is 72.9 Å². The van der Waals surface area contributed by atoms with Crippen LogP contribution in [0.2, 0.25) is 0 Å². The Hall–Kier alpha value is -1.57. The van der Waals surface area contributed by atoms with Gasteiger partial charge in [-0.05, 0) is 45.4 Å². The highest BCUT2D eigenvalue weighted by atomic mass is 32.2. The van der Waals surface area contributed by atoms with Gasteiger partial charge < -0.3 is 9.42 Å². The first kappa shape index (κ1) is 15.9. The lowest BCUT2D eigenvalue weighted by Gasteiger charge is -2.31. The predicted octanol–water partition coefficient (Wildman–Crippen LogP) is 3.39. The van der Waals surface area contributed by atoms with E-state index in [0.29, 0.717) is 17.8 Å². The van der Waals surface area contributed by atoms with Crippen LogP contribution in [-0.2, 0) is 0 Å². The standard InChI is InChI=1S/C16H24N6OS/c1-10-6-8-21(9-7-10)15-18-19-16(22(15)13-4-5-13)24-11(2)14-17-12(3)20-23-14/h10-11,13H,4-9H2,1-3H3. The minimum atomic E-state index is 0.0714. The van der Waals surface area contributed by atoms with Gasteiger partial charge in [-0.25, -0.2) is 0 Å². The number of hydrogen-bond acceptors (Lipinski definition) is 7. The summed E-state index contributed by atoms with van der Waals surface area (Å²) in [6.07, 6.45) is 4.91. The molecular formula is C16H24N6OS. The highest BCUT2D eigenvalue weighted by Gasteiger charge is 2.33. The summed E-state index contributed by atoms with van der Waals surface area (Å²) < 4.78 is 7.63. The molecule has 0 spiro atoms. The number of rotatable bonds is 5.